The molecule has 0 aromatic heterocycles. The topological polar surface area (TPSA) is 69.1 Å². The van der Waals surface area contributed by atoms with Crippen LogP contribution >= 0.6 is 0 Å². The Kier molecular flexibility index (Phi) is 3.14. The molecule has 0 bridgehead atoms. The first-order valence-corrected chi connectivity index (χ1v) is 3.99. The summed E-state index contributed by atoms with van der Waals surface area (Å²) in [4.78, 5) is 10.6. The third kappa shape index (κ3) is 2.50. The maximum atomic E-state index is 13.0. The molecule has 1 aromatic carbocycles. The van der Waals surface area contributed by atoms with Crippen molar-refractivity contribution in [1.82, 2.24) is 0 Å². The second kappa shape index (κ2) is 4.15. The zero-order chi connectivity index (χ0) is 10.7. The Hall–Kier alpha value is -1.49. The van der Waals surface area contributed by atoms with Crippen LogP contribution in [0.15, 0.2) is 18.2 Å². The summed E-state index contributed by atoms with van der Waals surface area (Å²) in [5, 5.41) is 0. The van der Waals surface area contributed by atoms with E-state index in [2.05, 4.69) is 0 Å². The van der Waals surface area contributed by atoms with Crippen molar-refractivity contribution in [2.45, 2.75) is 12.5 Å². The molecular weight excluding hydrogens is 190 g/mol. The number of benzene rings is 1. The molecule has 1 unspecified atom stereocenters. The standard InChI is InChI=1S/C9H10F2N2O/c10-6-1-2-7(11)5(3-6)4-8(12)9(13)14/h1-3,8H,4,12H2,(H2,13,14). The minimum atomic E-state index is -0.994. The zero-order valence-corrected chi connectivity index (χ0v) is 7.34. The van der Waals surface area contributed by atoms with Crippen molar-refractivity contribution in [3.63, 3.8) is 0 Å². The van der Waals surface area contributed by atoms with Crippen molar-refractivity contribution >= 4 is 5.91 Å². The average Bonchev–Trinajstić information content (AvgIpc) is 2.11. The molecule has 0 aliphatic carbocycles. The highest BCUT2D eigenvalue weighted by atomic mass is 19.1. The molecule has 1 atom stereocenters. The molecule has 5 heteroatoms. The number of amides is 1. The molecule has 0 saturated carbocycles. The summed E-state index contributed by atoms with van der Waals surface area (Å²) in [5.74, 6) is -1.91. The molecule has 0 heterocycles. The third-order valence-corrected chi connectivity index (χ3v) is 1.81. The van der Waals surface area contributed by atoms with E-state index < -0.39 is 23.6 Å². The molecule has 4 N–H and O–H groups in total. The van der Waals surface area contributed by atoms with Gasteiger partial charge in [-0.05, 0) is 30.2 Å². The van der Waals surface area contributed by atoms with Gasteiger partial charge in [-0.25, -0.2) is 8.78 Å². The second-order valence-electron chi connectivity index (χ2n) is 2.95. The molecule has 0 spiro atoms. The average molecular weight is 200 g/mol. The van der Waals surface area contributed by atoms with E-state index in [1.165, 1.54) is 0 Å². The molecule has 0 aliphatic heterocycles. The summed E-state index contributed by atoms with van der Waals surface area (Å²) in [7, 11) is 0. The van der Waals surface area contributed by atoms with E-state index in [0.717, 1.165) is 18.2 Å². The lowest BCUT2D eigenvalue weighted by atomic mass is 10.1. The molecular formula is C9H10F2N2O. The van der Waals surface area contributed by atoms with Gasteiger partial charge in [-0.2, -0.15) is 0 Å². The first-order chi connectivity index (χ1) is 6.50. The van der Waals surface area contributed by atoms with Gasteiger partial charge >= 0.3 is 0 Å². The summed E-state index contributed by atoms with van der Waals surface area (Å²) in [6.45, 7) is 0. The quantitative estimate of drug-likeness (QED) is 0.737. The van der Waals surface area contributed by atoms with E-state index in [9.17, 15) is 13.6 Å². The smallest absolute Gasteiger partial charge is 0.234 e. The van der Waals surface area contributed by atoms with Gasteiger partial charge in [0.05, 0.1) is 6.04 Å². The van der Waals surface area contributed by atoms with Crippen LogP contribution in [0.2, 0.25) is 0 Å². The van der Waals surface area contributed by atoms with E-state index in [-0.39, 0.29) is 12.0 Å². The van der Waals surface area contributed by atoms with Crippen LogP contribution < -0.4 is 11.5 Å². The van der Waals surface area contributed by atoms with Gasteiger partial charge in [-0.1, -0.05) is 0 Å². The number of nitrogens with two attached hydrogens (primary N) is 2. The molecule has 0 radical (unpaired) electrons. The Morgan fingerprint density at radius 3 is 2.64 bits per heavy atom. The Morgan fingerprint density at radius 1 is 1.43 bits per heavy atom. The van der Waals surface area contributed by atoms with E-state index in [0.29, 0.717) is 0 Å². The maximum Gasteiger partial charge on any atom is 0.234 e. The number of rotatable bonds is 3. The Bertz CT molecular complexity index is 355. The van der Waals surface area contributed by atoms with Gasteiger partial charge in [0, 0.05) is 0 Å². The molecule has 1 rings (SSSR count). The van der Waals surface area contributed by atoms with Gasteiger partial charge in [-0.3, -0.25) is 4.79 Å². The van der Waals surface area contributed by atoms with Crippen LogP contribution in [0.25, 0.3) is 0 Å². The minimum Gasteiger partial charge on any atom is -0.368 e. The van der Waals surface area contributed by atoms with Gasteiger partial charge in [-0.15, -0.1) is 0 Å². The number of hydrogen-bond donors (Lipinski definition) is 2. The Morgan fingerprint density at radius 2 is 2.07 bits per heavy atom. The van der Waals surface area contributed by atoms with Crippen molar-refractivity contribution in [1.29, 1.82) is 0 Å². The monoisotopic (exact) mass is 200 g/mol. The van der Waals surface area contributed by atoms with Crippen molar-refractivity contribution < 1.29 is 13.6 Å². The third-order valence-electron chi connectivity index (χ3n) is 1.81. The molecule has 0 aliphatic rings. The summed E-state index contributed by atoms with van der Waals surface area (Å²) in [6.07, 6.45) is -0.0983. The fraction of sp³-hybridized carbons (Fsp3) is 0.222. The molecule has 1 amide bonds. The van der Waals surface area contributed by atoms with E-state index in [4.69, 9.17) is 11.5 Å². The van der Waals surface area contributed by atoms with Gasteiger partial charge in [0.1, 0.15) is 11.6 Å². The number of carbonyl (C=O) groups excluding carboxylic acids is 1. The fourth-order valence-corrected chi connectivity index (χ4v) is 1.04. The zero-order valence-electron chi connectivity index (χ0n) is 7.34. The van der Waals surface area contributed by atoms with E-state index in [1.54, 1.807) is 0 Å². The SMILES string of the molecule is NC(=O)C(N)Cc1cc(F)ccc1F. The van der Waals surface area contributed by atoms with Crippen LogP contribution in [0.3, 0.4) is 0 Å². The normalized spacial score (nSPS) is 12.5. The Labute approximate surface area is 79.7 Å². The van der Waals surface area contributed by atoms with Gasteiger partial charge < -0.3 is 11.5 Å². The second-order valence-corrected chi connectivity index (χ2v) is 2.95. The van der Waals surface area contributed by atoms with Crippen molar-refractivity contribution in [3.8, 4) is 0 Å². The van der Waals surface area contributed by atoms with E-state index in [1.807, 2.05) is 0 Å². The van der Waals surface area contributed by atoms with Crippen molar-refractivity contribution in [2.75, 3.05) is 0 Å². The summed E-state index contributed by atoms with van der Waals surface area (Å²) < 4.78 is 25.7. The molecule has 1 aromatic rings. The van der Waals surface area contributed by atoms with Crippen molar-refractivity contribution in [3.05, 3.63) is 35.4 Å². The highest BCUT2D eigenvalue weighted by Crippen LogP contribution is 2.11. The summed E-state index contributed by atoms with van der Waals surface area (Å²) in [5.41, 5.74) is 10.2. The molecule has 76 valence electrons. The molecule has 3 nitrogen and oxygen atoms in total. The van der Waals surface area contributed by atoms with Crippen LogP contribution in [0.4, 0.5) is 8.78 Å². The van der Waals surface area contributed by atoms with E-state index >= 15 is 0 Å². The number of primary amides is 1. The van der Waals surface area contributed by atoms with Crippen molar-refractivity contribution in [2.24, 2.45) is 11.5 Å². The highest BCUT2D eigenvalue weighted by molar-refractivity contribution is 5.79. The molecule has 0 fully saturated rings. The Balaban J connectivity index is 2.85. The lowest BCUT2D eigenvalue weighted by Gasteiger charge is -2.07. The predicted octanol–water partition coefficient (Wildman–Crippen LogP) is 0.320. The molecule has 14 heavy (non-hydrogen) atoms. The largest absolute Gasteiger partial charge is 0.368 e. The maximum absolute atomic E-state index is 13.0. The van der Waals surface area contributed by atoms with Crippen LogP contribution in [0, 0.1) is 11.6 Å². The van der Waals surface area contributed by atoms with Crippen LogP contribution in [0.5, 0.6) is 0 Å². The molecule has 0 saturated heterocycles. The number of hydrogen-bond acceptors (Lipinski definition) is 2. The summed E-state index contributed by atoms with van der Waals surface area (Å²) in [6, 6.07) is 1.98. The number of halogens is 2. The van der Waals surface area contributed by atoms with Crippen LogP contribution in [-0.2, 0) is 11.2 Å². The van der Waals surface area contributed by atoms with Gasteiger partial charge in [0.2, 0.25) is 5.91 Å². The lowest BCUT2D eigenvalue weighted by molar-refractivity contribution is -0.119. The minimum absolute atomic E-state index is 0.0521. The summed E-state index contributed by atoms with van der Waals surface area (Å²) >= 11 is 0. The number of carbonyl (C=O) groups is 1. The lowest BCUT2D eigenvalue weighted by Crippen LogP contribution is -2.38. The van der Waals surface area contributed by atoms with Gasteiger partial charge in [0.25, 0.3) is 0 Å². The van der Waals surface area contributed by atoms with Crippen LogP contribution in [-0.4, -0.2) is 11.9 Å². The predicted molar refractivity (Wildman–Crippen MR) is 47.2 cm³/mol. The highest BCUT2D eigenvalue weighted by Gasteiger charge is 2.13. The van der Waals surface area contributed by atoms with Gasteiger partial charge in [0.15, 0.2) is 0 Å². The van der Waals surface area contributed by atoms with Crippen LogP contribution in [0.1, 0.15) is 5.56 Å². The first kappa shape index (κ1) is 10.6. The fourth-order valence-electron chi connectivity index (χ4n) is 1.04. The first-order valence-electron chi connectivity index (χ1n) is 3.99.